The van der Waals surface area contributed by atoms with Gasteiger partial charge in [-0.1, -0.05) is 146 Å². The highest BCUT2D eigenvalue weighted by molar-refractivity contribution is 6.27. The molecule has 0 amide bonds. The topological polar surface area (TPSA) is 13.1 Å². The first kappa shape index (κ1) is 26.1. The van der Waals surface area contributed by atoms with Crippen LogP contribution < -0.4 is 0 Å². The van der Waals surface area contributed by atoms with Crippen molar-refractivity contribution in [3.05, 3.63) is 170 Å². The van der Waals surface area contributed by atoms with Gasteiger partial charge in [0.1, 0.15) is 11.2 Å². The summed E-state index contributed by atoms with van der Waals surface area (Å²) in [6.45, 7) is 0. The van der Waals surface area contributed by atoms with Crippen LogP contribution in [-0.4, -0.2) is 0 Å². The lowest BCUT2D eigenvalue weighted by Gasteiger charge is -2.20. The Balaban J connectivity index is 1.34. The zero-order valence-corrected chi connectivity index (χ0v) is 25.6. The van der Waals surface area contributed by atoms with Crippen LogP contribution in [0.5, 0.6) is 0 Å². The minimum absolute atomic E-state index is 0.914. The third-order valence-corrected chi connectivity index (χ3v) is 9.85. The first-order chi connectivity index (χ1) is 23.3. The summed E-state index contributed by atoms with van der Waals surface area (Å²) in [7, 11) is 0. The Kier molecular flexibility index (Phi) is 5.64. The highest BCUT2D eigenvalue weighted by atomic mass is 16.3. The highest BCUT2D eigenvalue weighted by Gasteiger charge is 2.20. The van der Waals surface area contributed by atoms with Crippen molar-refractivity contribution in [1.29, 1.82) is 0 Å². The molecule has 0 spiro atoms. The molecule has 47 heavy (non-hydrogen) atoms. The maximum absolute atomic E-state index is 6.21. The van der Waals surface area contributed by atoms with E-state index in [-0.39, 0.29) is 0 Å². The van der Waals surface area contributed by atoms with Gasteiger partial charge in [-0.25, -0.2) is 0 Å². The normalized spacial score (nSPS) is 11.8. The molecule has 10 rings (SSSR count). The quantitative estimate of drug-likeness (QED) is 0.146. The minimum Gasteiger partial charge on any atom is -0.456 e. The van der Waals surface area contributed by atoms with Crippen molar-refractivity contribution in [2.24, 2.45) is 0 Å². The second-order valence-electron chi connectivity index (χ2n) is 12.4. The zero-order valence-electron chi connectivity index (χ0n) is 25.6. The monoisotopic (exact) mass is 596 g/mol. The van der Waals surface area contributed by atoms with Crippen LogP contribution in [0, 0.1) is 0 Å². The molecule has 9 aromatic carbocycles. The molecule has 0 bridgehead atoms. The molecule has 1 heteroatoms. The predicted octanol–water partition coefficient (Wildman–Crippen LogP) is 13.2. The number of rotatable bonds is 3. The Morgan fingerprint density at radius 2 is 0.787 bits per heavy atom. The lowest BCUT2D eigenvalue weighted by atomic mass is 9.83. The van der Waals surface area contributed by atoms with E-state index in [2.05, 4.69) is 158 Å². The van der Waals surface area contributed by atoms with Crippen LogP contribution in [0.2, 0.25) is 0 Å². The Labute approximate surface area is 271 Å². The molecule has 0 saturated heterocycles. The number of fused-ring (bicyclic) bond motifs is 8. The van der Waals surface area contributed by atoms with E-state index in [1.165, 1.54) is 76.5 Å². The molecule has 0 unspecified atom stereocenters. The van der Waals surface area contributed by atoms with Crippen molar-refractivity contribution < 1.29 is 4.42 Å². The van der Waals surface area contributed by atoms with Gasteiger partial charge in [0, 0.05) is 10.8 Å². The average molecular weight is 597 g/mol. The maximum atomic E-state index is 6.21. The number of benzene rings is 9. The van der Waals surface area contributed by atoms with Gasteiger partial charge >= 0.3 is 0 Å². The van der Waals surface area contributed by atoms with Gasteiger partial charge in [0.15, 0.2) is 0 Å². The number of para-hydroxylation sites is 1. The molecule has 0 fully saturated rings. The molecular weight excluding hydrogens is 569 g/mol. The van der Waals surface area contributed by atoms with Crippen LogP contribution in [0.4, 0.5) is 0 Å². The Morgan fingerprint density at radius 3 is 1.51 bits per heavy atom. The fourth-order valence-electron chi connectivity index (χ4n) is 7.82. The van der Waals surface area contributed by atoms with E-state index in [4.69, 9.17) is 4.42 Å². The lowest BCUT2D eigenvalue weighted by Crippen LogP contribution is -1.93. The smallest absolute Gasteiger partial charge is 0.135 e. The van der Waals surface area contributed by atoms with Crippen LogP contribution in [0.25, 0.3) is 98.4 Å². The molecule has 1 aromatic heterocycles. The van der Waals surface area contributed by atoms with Gasteiger partial charge in [-0.15, -0.1) is 0 Å². The van der Waals surface area contributed by atoms with Crippen LogP contribution in [0.3, 0.4) is 0 Å². The van der Waals surface area contributed by atoms with E-state index in [0.717, 1.165) is 21.9 Å². The van der Waals surface area contributed by atoms with Crippen molar-refractivity contribution >= 4 is 65.0 Å². The molecule has 0 aliphatic carbocycles. The number of furan rings is 1. The van der Waals surface area contributed by atoms with Gasteiger partial charge in [0.05, 0.1) is 0 Å². The summed E-state index contributed by atoms with van der Waals surface area (Å²) in [5, 5.41) is 12.4. The third kappa shape index (κ3) is 3.90. The third-order valence-electron chi connectivity index (χ3n) is 9.85. The molecule has 0 radical (unpaired) electrons. The van der Waals surface area contributed by atoms with Gasteiger partial charge in [-0.2, -0.15) is 0 Å². The molecule has 0 saturated carbocycles. The molecular formula is C46H28O. The molecule has 10 aromatic rings. The Morgan fingerprint density at radius 1 is 0.255 bits per heavy atom. The fourth-order valence-corrected chi connectivity index (χ4v) is 7.82. The molecule has 0 atom stereocenters. The largest absolute Gasteiger partial charge is 0.456 e. The standard InChI is InChI=1S/C46H28O/c1-2-13-29(14-3-1)31-22-12-23-33-32-15-4-5-16-34(32)42(28-40(31)33)46-38-20-8-6-18-36(38)45(37-19-7-9-21-39(37)46)30-25-26-44-41(27-30)35-17-10-11-24-43(35)47-44/h1-28H. The molecule has 1 heterocycles. The van der Waals surface area contributed by atoms with Crippen LogP contribution in [-0.2, 0) is 0 Å². The molecule has 218 valence electrons. The summed E-state index contributed by atoms with van der Waals surface area (Å²) in [6.07, 6.45) is 0. The summed E-state index contributed by atoms with van der Waals surface area (Å²) in [6, 6.07) is 61.6. The highest BCUT2D eigenvalue weighted by Crippen LogP contribution is 2.48. The van der Waals surface area contributed by atoms with Gasteiger partial charge in [0.2, 0.25) is 0 Å². The van der Waals surface area contributed by atoms with Gasteiger partial charge in [0.25, 0.3) is 0 Å². The molecule has 1 nitrogen and oxygen atoms in total. The van der Waals surface area contributed by atoms with E-state index >= 15 is 0 Å². The van der Waals surface area contributed by atoms with Crippen LogP contribution in [0.1, 0.15) is 0 Å². The van der Waals surface area contributed by atoms with Gasteiger partial charge in [-0.3, -0.25) is 0 Å². The SMILES string of the molecule is c1ccc(-c2cccc3c2cc(-c2c4ccccc4c(-c4ccc5oc6ccccc6c5c4)c4ccccc24)c2ccccc23)cc1. The first-order valence-corrected chi connectivity index (χ1v) is 16.2. The Hall–Kier alpha value is -6.18. The van der Waals surface area contributed by atoms with E-state index < -0.39 is 0 Å². The average Bonchev–Trinajstić information content (AvgIpc) is 3.52. The summed E-state index contributed by atoms with van der Waals surface area (Å²) in [5.41, 5.74) is 9.29. The molecule has 0 aliphatic rings. The predicted molar refractivity (Wildman–Crippen MR) is 200 cm³/mol. The molecule has 0 aliphatic heterocycles. The molecule has 0 N–H and O–H groups in total. The minimum atomic E-state index is 0.914. The summed E-state index contributed by atoms with van der Waals surface area (Å²) in [5.74, 6) is 0. The fraction of sp³-hybridized carbons (Fsp3) is 0. The summed E-state index contributed by atoms with van der Waals surface area (Å²) < 4.78 is 6.21. The van der Waals surface area contributed by atoms with Crippen molar-refractivity contribution in [3.8, 4) is 33.4 Å². The van der Waals surface area contributed by atoms with E-state index in [1.54, 1.807) is 0 Å². The zero-order chi connectivity index (χ0) is 30.9. The summed E-state index contributed by atoms with van der Waals surface area (Å²) >= 11 is 0. The van der Waals surface area contributed by atoms with Crippen molar-refractivity contribution in [3.63, 3.8) is 0 Å². The van der Waals surface area contributed by atoms with Crippen LogP contribution >= 0.6 is 0 Å². The van der Waals surface area contributed by atoms with Gasteiger partial charge < -0.3 is 4.42 Å². The maximum Gasteiger partial charge on any atom is 0.135 e. The number of hydrogen-bond donors (Lipinski definition) is 0. The van der Waals surface area contributed by atoms with Crippen molar-refractivity contribution in [1.82, 2.24) is 0 Å². The Bertz CT molecular complexity index is 2780. The summed E-state index contributed by atoms with van der Waals surface area (Å²) in [4.78, 5) is 0. The van der Waals surface area contributed by atoms with E-state index in [9.17, 15) is 0 Å². The van der Waals surface area contributed by atoms with Crippen molar-refractivity contribution in [2.75, 3.05) is 0 Å². The second kappa shape index (κ2) is 10.2. The van der Waals surface area contributed by atoms with Crippen molar-refractivity contribution in [2.45, 2.75) is 0 Å². The van der Waals surface area contributed by atoms with E-state index in [1.807, 2.05) is 12.1 Å². The first-order valence-electron chi connectivity index (χ1n) is 16.2. The van der Waals surface area contributed by atoms with E-state index in [0.29, 0.717) is 0 Å². The lowest BCUT2D eigenvalue weighted by molar-refractivity contribution is 0.669. The van der Waals surface area contributed by atoms with Gasteiger partial charge in [-0.05, 0) is 101 Å². The van der Waals surface area contributed by atoms with Crippen LogP contribution in [0.15, 0.2) is 174 Å². The number of hydrogen-bond acceptors (Lipinski definition) is 1. The second-order valence-corrected chi connectivity index (χ2v) is 12.4.